The Morgan fingerprint density at radius 3 is 0.791 bits per heavy atom. The van der Waals surface area contributed by atoms with Gasteiger partial charge in [-0.25, -0.2) is 9.13 Å². The summed E-state index contributed by atoms with van der Waals surface area (Å²) in [5, 5.41) is 10.5. The maximum Gasteiger partial charge on any atom is 0.472 e. The second-order valence-electron chi connectivity index (χ2n) is 25.6. The fourth-order valence-electron chi connectivity index (χ4n) is 10.0. The van der Waals surface area contributed by atoms with Crippen LogP contribution in [0.2, 0.25) is 0 Å². The number of carbonyl (C=O) groups excluding carboxylic acids is 4. The summed E-state index contributed by atoms with van der Waals surface area (Å²) in [6.07, 6.45) is 40.5. The van der Waals surface area contributed by atoms with Crippen LogP contribution >= 0.6 is 15.6 Å². The first kappa shape index (κ1) is 84.1. The van der Waals surface area contributed by atoms with Crippen molar-refractivity contribution in [1.29, 1.82) is 0 Å². The molecule has 0 aliphatic rings. The van der Waals surface area contributed by atoms with Crippen LogP contribution in [0.3, 0.4) is 0 Å². The monoisotopic (exact) mass is 1270 g/mol. The van der Waals surface area contributed by atoms with Gasteiger partial charge in [0.2, 0.25) is 0 Å². The SMILES string of the molecule is CCCCCCCCCCCC(=O)OC[C@H](COP(=O)(O)OC[C@H](O)COP(=O)(O)OC[C@@H](COC(=O)CCCCCCCCCC(C)C)OC(=O)CCCCCCCCCCCCCCCCC(C)C)OC(=O)CCCCCCCCCC(C)C. The van der Waals surface area contributed by atoms with E-state index >= 15 is 0 Å². The lowest BCUT2D eigenvalue weighted by molar-refractivity contribution is -0.161. The van der Waals surface area contributed by atoms with E-state index in [0.717, 1.165) is 102 Å². The van der Waals surface area contributed by atoms with E-state index in [1.54, 1.807) is 0 Å². The molecule has 0 heterocycles. The van der Waals surface area contributed by atoms with Crippen LogP contribution in [0.5, 0.6) is 0 Å². The van der Waals surface area contributed by atoms with Crippen molar-refractivity contribution in [3.05, 3.63) is 0 Å². The molecule has 0 aliphatic heterocycles. The molecule has 0 spiro atoms. The van der Waals surface area contributed by atoms with E-state index in [2.05, 4.69) is 48.5 Å². The van der Waals surface area contributed by atoms with Crippen molar-refractivity contribution >= 4 is 39.5 Å². The molecule has 0 aromatic rings. The van der Waals surface area contributed by atoms with Gasteiger partial charge < -0.3 is 33.8 Å². The number of rotatable bonds is 65. The van der Waals surface area contributed by atoms with Gasteiger partial charge in [-0.15, -0.1) is 0 Å². The number of phosphoric acid groups is 2. The molecule has 510 valence electrons. The Hall–Kier alpha value is -1.94. The molecule has 0 saturated carbocycles. The highest BCUT2D eigenvalue weighted by Gasteiger charge is 2.30. The van der Waals surface area contributed by atoms with Crippen molar-refractivity contribution in [2.24, 2.45) is 17.8 Å². The van der Waals surface area contributed by atoms with E-state index < -0.39 is 97.5 Å². The first-order chi connectivity index (χ1) is 41.2. The molecule has 3 N–H and O–H groups in total. The highest BCUT2D eigenvalue weighted by atomic mass is 31.2. The quantitative estimate of drug-likeness (QED) is 0.0222. The third kappa shape index (κ3) is 60.9. The second-order valence-corrected chi connectivity index (χ2v) is 28.5. The maximum atomic E-state index is 13.0. The highest BCUT2D eigenvalue weighted by molar-refractivity contribution is 7.47. The van der Waals surface area contributed by atoms with Crippen molar-refractivity contribution in [3.8, 4) is 0 Å². The van der Waals surface area contributed by atoms with Gasteiger partial charge in [0.1, 0.15) is 19.3 Å². The summed E-state index contributed by atoms with van der Waals surface area (Å²) in [5.74, 6) is 0.0612. The number of esters is 4. The molecule has 2 unspecified atom stereocenters. The number of unbranched alkanes of at least 4 members (excludes halogenated alkanes) is 33. The average molecular weight is 1270 g/mol. The van der Waals surface area contributed by atoms with Crippen LogP contribution in [0.15, 0.2) is 0 Å². The number of phosphoric ester groups is 2. The number of ether oxygens (including phenoxy) is 4. The Bertz CT molecular complexity index is 1700. The Morgan fingerprint density at radius 1 is 0.314 bits per heavy atom. The van der Waals surface area contributed by atoms with Crippen molar-refractivity contribution in [1.82, 2.24) is 0 Å². The van der Waals surface area contributed by atoms with Crippen molar-refractivity contribution in [2.45, 2.75) is 349 Å². The lowest BCUT2D eigenvalue weighted by Gasteiger charge is -2.21. The Labute approximate surface area is 524 Å². The van der Waals surface area contributed by atoms with E-state index in [9.17, 15) is 43.2 Å². The largest absolute Gasteiger partial charge is 0.472 e. The predicted molar refractivity (Wildman–Crippen MR) is 344 cm³/mol. The van der Waals surface area contributed by atoms with E-state index in [1.165, 1.54) is 135 Å². The van der Waals surface area contributed by atoms with Gasteiger partial charge in [0.05, 0.1) is 26.4 Å². The molecule has 0 bridgehead atoms. The minimum Gasteiger partial charge on any atom is -0.462 e. The lowest BCUT2D eigenvalue weighted by Crippen LogP contribution is -2.30. The lowest BCUT2D eigenvalue weighted by atomic mass is 10.0. The van der Waals surface area contributed by atoms with E-state index in [-0.39, 0.29) is 25.7 Å². The predicted octanol–water partition coefficient (Wildman–Crippen LogP) is 18.7. The molecule has 19 heteroatoms. The zero-order chi connectivity index (χ0) is 63.8. The number of carbonyl (C=O) groups is 4. The van der Waals surface area contributed by atoms with Gasteiger partial charge in [-0.1, -0.05) is 280 Å². The molecule has 17 nitrogen and oxygen atoms in total. The fourth-order valence-corrected chi connectivity index (χ4v) is 11.6. The zero-order valence-corrected chi connectivity index (χ0v) is 57.6. The van der Waals surface area contributed by atoms with Crippen LogP contribution in [0.25, 0.3) is 0 Å². The summed E-state index contributed by atoms with van der Waals surface area (Å²) in [5.41, 5.74) is 0. The van der Waals surface area contributed by atoms with Crippen LogP contribution in [0.1, 0.15) is 331 Å². The zero-order valence-electron chi connectivity index (χ0n) is 55.8. The normalized spacial score (nSPS) is 14.3. The first-order valence-electron chi connectivity index (χ1n) is 34.8. The maximum absolute atomic E-state index is 13.0. The van der Waals surface area contributed by atoms with Crippen molar-refractivity contribution in [2.75, 3.05) is 39.6 Å². The smallest absolute Gasteiger partial charge is 0.462 e. The second kappa shape index (κ2) is 58.2. The summed E-state index contributed by atoms with van der Waals surface area (Å²) in [6, 6.07) is 0. The molecular weight excluding hydrogens is 1140 g/mol. The molecule has 0 rings (SSSR count). The number of aliphatic hydroxyl groups is 1. The van der Waals surface area contributed by atoms with E-state index in [4.69, 9.17) is 37.0 Å². The van der Waals surface area contributed by atoms with Crippen molar-refractivity contribution in [3.63, 3.8) is 0 Å². The van der Waals surface area contributed by atoms with Gasteiger partial charge in [0.25, 0.3) is 0 Å². The molecule has 5 atom stereocenters. The Balaban J connectivity index is 5.21. The van der Waals surface area contributed by atoms with Gasteiger partial charge in [-0.05, 0) is 43.4 Å². The molecule has 0 aliphatic carbocycles. The molecule has 0 aromatic carbocycles. The van der Waals surface area contributed by atoms with E-state index in [0.29, 0.717) is 37.5 Å². The van der Waals surface area contributed by atoms with Gasteiger partial charge in [-0.2, -0.15) is 0 Å². The molecule has 86 heavy (non-hydrogen) atoms. The number of aliphatic hydroxyl groups excluding tert-OH is 1. The minimum atomic E-state index is -4.95. The minimum absolute atomic E-state index is 0.103. The summed E-state index contributed by atoms with van der Waals surface area (Å²) in [6.45, 7) is 11.7. The summed E-state index contributed by atoms with van der Waals surface area (Å²) in [4.78, 5) is 72.3. The van der Waals surface area contributed by atoms with Crippen LogP contribution in [0, 0.1) is 17.8 Å². The summed E-state index contributed by atoms with van der Waals surface area (Å²) >= 11 is 0. The standard InChI is InChI=1S/C67H130O17P2/c1-8-9-10-11-12-19-27-34-41-48-64(69)77-54-63(84-67(72)51-44-37-30-23-26-33-40-47-60(6)7)57-82-86(75,76)80-53-61(68)52-79-85(73,74)81-56-62(55-78-65(70)49-42-35-29-22-25-32-39-46-59(4)5)83-66(71)50-43-36-28-21-18-16-14-13-15-17-20-24-31-38-45-58(2)3/h58-63,68H,8-57H2,1-7H3,(H,73,74)(H,75,76)/t61-,62-,63-/m1/s1. The van der Waals surface area contributed by atoms with Crippen LogP contribution < -0.4 is 0 Å². The first-order valence-corrected chi connectivity index (χ1v) is 37.8. The molecule has 0 fully saturated rings. The molecular formula is C67H130O17P2. The summed E-state index contributed by atoms with van der Waals surface area (Å²) in [7, 11) is -9.89. The molecule has 0 amide bonds. The molecule has 0 saturated heterocycles. The molecule has 0 aromatic heterocycles. The van der Waals surface area contributed by atoms with Crippen molar-refractivity contribution < 1.29 is 80.2 Å². The fraction of sp³-hybridized carbons (Fsp3) is 0.940. The average Bonchev–Trinajstić information content (AvgIpc) is 3.49. The van der Waals surface area contributed by atoms with Crippen LogP contribution in [0.4, 0.5) is 0 Å². The topological polar surface area (TPSA) is 237 Å². The third-order valence-corrected chi connectivity index (χ3v) is 17.3. The van der Waals surface area contributed by atoms with Crippen LogP contribution in [-0.2, 0) is 65.4 Å². The Morgan fingerprint density at radius 2 is 0.535 bits per heavy atom. The third-order valence-electron chi connectivity index (χ3n) is 15.4. The van der Waals surface area contributed by atoms with Gasteiger partial charge in [0.15, 0.2) is 12.2 Å². The highest BCUT2D eigenvalue weighted by Crippen LogP contribution is 2.45. The summed E-state index contributed by atoms with van der Waals surface area (Å²) < 4.78 is 68.1. The number of hydrogen-bond donors (Lipinski definition) is 3. The molecule has 0 radical (unpaired) electrons. The Kier molecular flexibility index (Phi) is 56.9. The van der Waals surface area contributed by atoms with Gasteiger partial charge in [0, 0.05) is 25.7 Å². The van der Waals surface area contributed by atoms with Gasteiger partial charge in [-0.3, -0.25) is 37.3 Å². The van der Waals surface area contributed by atoms with Crippen LogP contribution in [-0.4, -0.2) is 96.7 Å². The van der Waals surface area contributed by atoms with E-state index in [1.807, 2.05) is 0 Å². The number of hydrogen-bond acceptors (Lipinski definition) is 15. The van der Waals surface area contributed by atoms with Gasteiger partial charge >= 0.3 is 39.5 Å².